The van der Waals surface area contributed by atoms with E-state index in [1.54, 1.807) is 0 Å². The fraction of sp³-hybridized carbons (Fsp3) is 0.292. The molecule has 2 aromatic carbocycles. The number of allylic oxidation sites excluding steroid dienone is 1. The second-order valence-corrected chi connectivity index (χ2v) is 8.85. The lowest BCUT2D eigenvalue weighted by Gasteiger charge is -2.36. The molecule has 0 saturated carbocycles. The van der Waals surface area contributed by atoms with E-state index in [1.165, 1.54) is 5.56 Å². The quantitative estimate of drug-likeness (QED) is 0.615. The number of nitrogens with one attached hydrogen (secondary N) is 3. The van der Waals surface area contributed by atoms with Gasteiger partial charge in [0.2, 0.25) is 0 Å². The van der Waals surface area contributed by atoms with Crippen LogP contribution in [-0.2, 0) is 4.79 Å². The third-order valence-corrected chi connectivity index (χ3v) is 5.72. The molecule has 6 heteroatoms. The zero-order valence-corrected chi connectivity index (χ0v) is 17.3. The van der Waals surface area contributed by atoms with E-state index in [2.05, 4.69) is 71.7 Å². The summed E-state index contributed by atoms with van der Waals surface area (Å²) in [7, 11) is 0. The summed E-state index contributed by atoms with van der Waals surface area (Å²) in [5.41, 5.74) is 4.50. The van der Waals surface area contributed by atoms with Crippen molar-refractivity contribution >= 4 is 28.9 Å². The molecule has 0 unspecified atom stereocenters. The van der Waals surface area contributed by atoms with Crippen molar-refractivity contribution in [1.29, 1.82) is 0 Å². The normalized spacial score (nSPS) is 22.7. The molecule has 6 nitrogen and oxygen atoms in total. The first-order valence-electron chi connectivity index (χ1n) is 10.2. The van der Waals surface area contributed by atoms with Crippen molar-refractivity contribution in [2.24, 2.45) is 11.3 Å². The Kier molecular flexibility index (Phi) is 4.24. The van der Waals surface area contributed by atoms with Crippen molar-refractivity contribution in [2.75, 3.05) is 5.32 Å². The maximum atomic E-state index is 13.1. The number of guanidine groups is 1. The smallest absolute Gasteiger partial charge is 0.365 e. The van der Waals surface area contributed by atoms with Crippen molar-refractivity contribution < 1.29 is 14.2 Å². The SMILES string of the molecule is Cc1ccc([C@H]2[NH+]=C(Nc3nc4ccccc4o3)NC3=CC(C)(C)CC(=O)[C@@H]32)cc1. The Morgan fingerprint density at radius 3 is 2.70 bits per heavy atom. The average molecular weight is 401 g/mol. The van der Waals surface area contributed by atoms with Crippen LogP contribution in [0, 0.1) is 18.3 Å². The van der Waals surface area contributed by atoms with Gasteiger partial charge in [0.25, 0.3) is 0 Å². The summed E-state index contributed by atoms with van der Waals surface area (Å²) in [6.45, 7) is 6.24. The molecule has 2 atom stereocenters. The fourth-order valence-corrected chi connectivity index (χ4v) is 4.34. The second-order valence-electron chi connectivity index (χ2n) is 8.85. The number of hydrogen-bond donors (Lipinski definition) is 3. The van der Waals surface area contributed by atoms with Crippen LogP contribution in [0.15, 0.2) is 64.7 Å². The standard InChI is InChI=1S/C24H24N4O2/c1-14-8-10-15(11-9-14)21-20-17(12-24(2,3)13-18(20)29)25-22(27-21)28-23-26-16-6-4-5-7-19(16)30-23/h4-12,20-21H,13H2,1-3H3,(H2,25,26,27,28)/p+1/t20-,21-/m1/s1. The summed E-state index contributed by atoms with van der Waals surface area (Å²) in [4.78, 5) is 21.1. The predicted octanol–water partition coefficient (Wildman–Crippen LogP) is 2.83. The predicted molar refractivity (Wildman–Crippen MR) is 116 cm³/mol. The fourth-order valence-electron chi connectivity index (χ4n) is 4.34. The van der Waals surface area contributed by atoms with Crippen molar-refractivity contribution in [3.8, 4) is 0 Å². The van der Waals surface area contributed by atoms with Gasteiger partial charge in [0.1, 0.15) is 23.3 Å². The van der Waals surface area contributed by atoms with Gasteiger partial charge in [0.15, 0.2) is 5.58 Å². The molecule has 3 N–H and O–H groups in total. The van der Waals surface area contributed by atoms with Crippen LogP contribution < -0.4 is 15.6 Å². The number of rotatable bonds is 2. The van der Waals surface area contributed by atoms with Gasteiger partial charge in [-0.15, -0.1) is 0 Å². The lowest BCUT2D eigenvalue weighted by Crippen LogP contribution is -2.84. The molecule has 0 radical (unpaired) electrons. The number of anilines is 1. The summed E-state index contributed by atoms with van der Waals surface area (Å²) < 4.78 is 5.82. The molecular formula is C24H25N4O2+. The van der Waals surface area contributed by atoms with E-state index in [9.17, 15) is 4.79 Å². The molecule has 0 amide bonds. The Hall–Kier alpha value is -3.41. The molecule has 1 aromatic heterocycles. The van der Waals surface area contributed by atoms with Gasteiger partial charge in [0.05, 0.1) is 5.70 Å². The van der Waals surface area contributed by atoms with Crippen LogP contribution in [0.1, 0.15) is 37.4 Å². The summed E-state index contributed by atoms with van der Waals surface area (Å²) in [5, 5.41) is 6.60. The second kappa shape index (κ2) is 6.83. The number of ketones is 1. The number of para-hydroxylation sites is 2. The highest BCUT2D eigenvalue weighted by Crippen LogP contribution is 2.38. The molecule has 3 aromatic rings. The van der Waals surface area contributed by atoms with Gasteiger partial charge in [-0.25, -0.2) is 5.32 Å². The van der Waals surface area contributed by atoms with E-state index in [0.717, 1.165) is 22.4 Å². The van der Waals surface area contributed by atoms with Gasteiger partial charge in [-0.2, -0.15) is 10.3 Å². The number of nitrogens with zero attached hydrogens (tertiary/aromatic N) is 1. The zero-order chi connectivity index (χ0) is 20.9. The van der Waals surface area contributed by atoms with Gasteiger partial charge >= 0.3 is 12.0 Å². The highest BCUT2D eigenvalue weighted by atomic mass is 16.4. The minimum absolute atomic E-state index is 0.173. The number of aromatic nitrogens is 1. The van der Waals surface area contributed by atoms with Crippen LogP contribution >= 0.6 is 0 Å². The number of aryl methyl sites for hydroxylation is 1. The van der Waals surface area contributed by atoms with E-state index < -0.39 is 0 Å². The van der Waals surface area contributed by atoms with Crippen molar-refractivity contribution in [3.63, 3.8) is 0 Å². The van der Waals surface area contributed by atoms with Crippen molar-refractivity contribution in [3.05, 3.63) is 71.4 Å². The minimum Gasteiger partial charge on any atom is -0.412 e. The number of carbonyl (C=O) groups excluding carboxylic acids is 1. The summed E-state index contributed by atoms with van der Waals surface area (Å²) in [6.07, 6.45) is 2.70. The topological polar surface area (TPSA) is 81.1 Å². The molecule has 0 bridgehead atoms. The largest absolute Gasteiger partial charge is 0.412 e. The summed E-state index contributed by atoms with van der Waals surface area (Å²) in [5.74, 6) is 0.638. The molecule has 0 spiro atoms. The summed E-state index contributed by atoms with van der Waals surface area (Å²) >= 11 is 0. The highest BCUT2D eigenvalue weighted by Gasteiger charge is 2.45. The van der Waals surface area contributed by atoms with Gasteiger partial charge in [-0.3, -0.25) is 9.79 Å². The Bertz CT molecular complexity index is 1150. The van der Waals surface area contributed by atoms with E-state index in [4.69, 9.17) is 4.42 Å². The van der Waals surface area contributed by atoms with Gasteiger partial charge in [0, 0.05) is 6.42 Å². The Labute approximate surface area is 175 Å². The van der Waals surface area contributed by atoms with Crippen LogP contribution in [0.5, 0.6) is 0 Å². The first-order valence-corrected chi connectivity index (χ1v) is 10.2. The maximum Gasteiger partial charge on any atom is 0.365 e. The Balaban J connectivity index is 1.55. The van der Waals surface area contributed by atoms with Gasteiger partial charge in [-0.05, 0) is 36.1 Å². The van der Waals surface area contributed by atoms with Gasteiger partial charge < -0.3 is 4.42 Å². The molecule has 30 heavy (non-hydrogen) atoms. The Morgan fingerprint density at radius 2 is 1.93 bits per heavy atom. The third-order valence-electron chi connectivity index (χ3n) is 5.72. The third kappa shape index (κ3) is 3.38. The van der Waals surface area contributed by atoms with Crippen LogP contribution in [0.4, 0.5) is 6.01 Å². The molecule has 1 aliphatic heterocycles. The molecule has 0 saturated heterocycles. The average Bonchev–Trinajstić information content (AvgIpc) is 3.09. The number of carbonyl (C=O) groups is 1. The monoisotopic (exact) mass is 401 g/mol. The van der Waals surface area contributed by atoms with Crippen molar-refractivity contribution in [2.45, 2.75) is 33.2 Å². The number of oxazole rings is 1. The van der Waals surface area contributed by atoms with Crippen molar-refractivity contribution in [1.82, 2.24) is 10.3 Å². The molecule has 2 aliphatic rings. The van der Waals surface area contributed by atoms with E-state index in [-0.39, 0.29) is 23.2 Å². The van der Waals surface area contributed by atoms with Crippen LogP contribution in [0.25, 0.3) is 11.1 Å². The van der Waals surface area contributed by atoms with Crippen LogP contribution in [0.2, 0.25) is 0 Å². The number of fused-ring (bicyclic) bond motifs is 2. The van der Waals surface area contributed by atoms with E-state index >= 15 is 0 Å². The lowest BCUT2D eigenvalue weighted by atomic mass is 9.72. The molecular weight excluding hydrogens is 376 g/mol. The molecule has 2 heterocycles. The molecule has 152 valence electrons. The minimum atomic E-state index is -0.255. The zero-order valence-electron chi connectivity index (χ0n) is 17.3. The number of Topliss-reactive ketones (excluding diaryl/α,β-unsaturated/α-hetero) is 1. The van der Waals surface area contributed by atoms with Crippen LogP contribution in [0.3, 0.4) is 0 Å². The first-order chi connectivity index (χ1) is 14.4. The Morgan fingerprint density at radius 1 is 1.17 bits per heavy atom. The molecule has 1 aliphatic carbocycles. The molecule has 0 fully saturated rings. The van der Waals surface area contributed by atoms with E-state index in [0.29, 0.717) is 18.4 Å². The maximum absolute atomic E-state index is 13.1. The van der Waals surface area contributed by atoms with E-state index in [1.807, 2.05) is 24.3 Å². The van der Waals surface area contributed by atoms with Crippen LogP contribution in [-0.4, -0.2) is 16.7 Å². The highest BCUT2D eigenvalue weighted by molar-refractivity contribution is 5.94. The first kappa shape index (κ1) is 18.6. The number of benzene rings is 2. The summed E-state index contributed by atoms with van der Waals surface area (Å²) in [6, 6.07) is 16.2. The van der Waals surface area contributed by atoms with Gasteiger partial charge in [-0.1, -0.05) is 55.8 Å². The lowest BCUT2D eigenvalue weighted by molar-refractivity contribution is -0.522. The molecule has 5 rings (SSSR count). The number of hydrogen-bond acceptors (Lipinski definition) is 5.